The van der Waals surface area contributed by atoms with E-state index in [0.29, 0.717) is 5.56 Å². The van der Waals surface area contributed by atoms with Gasteiger partial charge in [-0.3, -0.25) is 24.5 Å². The minimum Gasteiger partial charge on any atom is -0.460 e. The van der Waals surface area contributed by atoms with Crippen molar-refractivity contribution >= 4 is 35.2 Å². The van der Waals surface area contributed by atoms with E-state index in [-0.39, 0.29) is 30.5 Å². The lowest BCUT2D eigenvalue weighted by atomic mass is 9.87. The van der Waals surface area contributed by atoms with Crippen LogP contribution >= 0.6 is 11.8 Å². The largest absolute Gasteiger partial charge is 0.460 e. The van der Waals surface area contributed by atoms with E-state index in [4.69, 9.17) is 4.74 Å². The molecule has 0 saturated carbocycles. The summed E-state index contributed by atoms with van der Waals surface area (Å²) in [7, 11) is 0. The van der Waals surface area contributed by atoms with Crippen LogP contribution in [0.4, 0.5) is 5.69 Å². The Kier molecular flexibility index (Phi) is 10.6. The van der Waals surface area contributed by atoms with Crippen molar-refractivity contribution in [2.24, 2.45) is 5.92 Å². The van der Waals surface area contributed by atoms with Gasteiger partial charge in [0.05, 0.1) is 23.3 Å². The highest BCUT2D eigenvalue weighted by Crippen LogP contribution is 2.34. The minimum atomic E-state index is -0.961. The van der Waals surface area contributed by atoms with Crippen molar-refractivity contribution in [1.29, 1.82) is 0 Å². The van der Waals surface area contributed by atoms with E-state index in [9.17, 15) is 24.5 Å². The molecule has 0 bridgehead atoms. The van der Waals surface area contributed by atoms with E-state index in [2.05, 4.69) is 16.7 Å². The highest BCUT2D eigenvalue weighted by Gasteiger charge is 2.39. The Hall–Kier alpha value is -3.40. The number of hydrogen-bond donors (Lipinski definition) is 2. The fourth-order valence-electron chi connectivity index (χ4n) is 4.99. The van der Waals surface area contributed by atoms with Gasteiger partial charge in [0.1, 0.15) is 11.6 Å². The standard InChI is InChI=1S/C31H41N3O6S/c1-30(2,3)40-27(35)19-24(31(4,5)41-6)28(36)33-26(18-20-14-16-22(17-15-20)34(38)39)29(37)32-25-13-9-11-21-10-7-8-12-23(21)25/h7-8,10,12,14-17,24-26H,9,11,13,18-19H2,1-6H3,(H,32,37)(H,33,36)/t24-,25?,26?/m1/s1. The lowest BCUT2D eigenvalue weighted by Crippen LogP contribution is -2.53. The maximum absolute atomic E-state index is 13.8. The molecule has 41 heavy (non-hydrogen) atoms. The number of rotatable bonds is 11. The van der Waals surface area contributed by atoms with Gasteiger partial charge in [0.2, 0.25) is 11.8 Å². The number of non-ortho nitro benzene ring substituents is 1. The van der Waals surface area contributed by atoms with Crippen LogP contribution < -0.4 is 10.6 Å². The quantitative estimate of drug-likeness (QED) is 0.209. The van der Waals surface area contributed by atoms with Crippen molar-refractivity contribution in [3.05, 3.63) is 75.3 Å². The first-order chi connectivity index (χ1) is 19.2. The molecule has 0 spiro atoms. The molecule has 1 aliphatic carbocycles. The number of hydrogen-bond acceptors (Lipinski definition) is 7. The molecule has 2 aromatic rings. The zero-order valence-electron chi connectivity index (χ0n) is 24.7. The van der Waals surface area contributed by atoms with Crippen molar-refractivity contribution in [2.45, 2.75) is 89.2 Å². The number of carbonyl (C=O) groups is 3. The molecule has 222 valence electrons. The van der Waals surface area contributed by atoms with Crippen LogP contribution in [0.25, 0.3) is 0 Å². The van der Waals surface area contributed by atoms with Crippen molar-refractivity contribution in [3.63, 3.8) is 0 Å². The molecule has 3 atom stereocenters. The van der Waals surface area contributed by atoms with Crippen LogP contribution in [0.5, 0.6) is 0 Å². The summed E-state index contributed by atoms with van der Waals surface area (Å²) in [5, 5.41) is 17.2. The Bertz CT molecular complexity index is 1260. The fraction of sp³-hybridized carbons (Fsp3) is 0.516. The summed E-state index contributed by atoms with van der Waals surface area (Å²) in [5.74, 6) is -2.04. The van der Waals surface area contributed by atoms with Gasteiger partial charge in [-0.05, 0) is 76.8 Å². The van der Waals surface area contributed by atoms with Crippen LogP contribution in [-0.2, 0) is 32.0 Å². The van der Waals surface area contributed by atoms with E-state index in [1.165, 1.54) is 29.5 Å². The molecule has 0 saturated heterocycles. The van der Waals surface area contributed by atoms with Crippen LogP contribution in [-0.4, -0.2) is 45.4 Å². The molecule has 9 nitrogen and oxygen atoms in total. The monoisotopic (exact) mass is 583 g/mol. The van der Waals surface area contributed by atoms with Gasteiger partial charge in [-0.15, -0.1) is 0 Å². The van der Waals surface area contributed by atoms with Gasteiger partial charge in [-0.1, -0.05) is 36.4 Å². The highest BCUT2D eigenvalue weighted by molar-refractivity contribution is 8.00. The first-order valence-corrected chi connectivity index (χ1v) is 15.1. The molecular weight excluding hydrogens is 542 g/mol. The van der Waals surface area contributed by atoms with Crippen LogP contribution in [0, 0.1) is 16.0 Å². The Labute approximate surface area is 246 Å². The van der Waals surface area contributed by atoms with Gasteiger partial charge in [-0.2, -0.15) is 11.8 Å². The number of nitro benzene ring substituents is 1. The second-order valence-electron chi connectivity index (χ2n) is 12.0. The van der Waals surface area contributed by atoms with Crippen molar-refractivity contribution in [1.82, 2.24) is 10.6 Å². The summed E-state index contributed by atoms with van der Waals surface area (Å²) < 4.78 is 4.88. The first kappa shape index (κ1) is 32.1. The number of nitro groups is 1. The molecule has 0 aromatic heterocycles. The lowest BCUT2D eigenvalue weighted by molar-refractivity contribution is -0.384. The van der Waals surface area contributed by atoms with E-state index >= 15 is 0 Å². The van der Waals surface area contributed by atoms with Gasteiger partial charge in [0.15, 0.2) is 0 Å². The molecule has 10 heteroatoms. The normalized spacial score (nSPS) is 16.6. The molecule has 3 rings (SSSR count). The molecule has 0 heterocycles. The van der Waals surface area contributed by atoms with E-state index in [1.54, 1.807) is 32.9 Å². The highest BCUT2D eigenvalue weighted by atomic mass is 32.2. The number of nitrogens with one attached hydrogen (secondary N) is 2. The Morgan fingerprint density at radius 1 is 1.05 bits per heavy atom. The summed E-state index contributed by atoms with van der Waals surface area (Å²) in [6.45, 7) is 9.09. The zero-order valence-corrected chi connectivity index (χ0v) is 25.5. The van der Waals surface area contributed by atoms with Gasteiger partial charge in [0, 0.05) is 23.3 Å². The molecule has 2 unspecified atom stereocenters. The summed E-state index contributed by atoms with van der Waals surface area (Å²) in [5.41, 5.74) is 2.17. The predicted octanol–water partition coefficient (Wildman–Crippen LogP) is 5.31. The SMILES string of the molecule is CSC(C)(C)[C@H](CC(=O)OC(C)(C)C)C(=O)NC(Cc1ccc([N+](=O)[O-])cc1)C(=O)NC1CCCc2ccccc21. The molecule has 2 N–H and O–H groups in total. The van der Waals surface area contributed by atoms with Crippen LogP contribution in [0.3, 0.4) is 0 Å². The number of ether oxygens (including phenoxy) is 1. The fourth-order valence-corrected chi connectivity index (χ4v) is 5.47. The average molecular weight is 584 g/mol. The van der Waals surface area contributed by atoms with Crippen molar-refractivity contribution < 1.29 is 24.0 Å². The number of fused-ring (bicyclic) bond motifs is 1. The van der Waals surface area contributed by atoms with Crippen LogP contribution in [0.15, 0.2) is 48.5 Å². The third-order valence-electron chi connectivity index (χ3n) is 7.38. The third-order valence-corrected chi connectivity index (χ3v) is 8.72. The Morgan fingerprint density at radius 3 is 2.32 bits per heavy atom. The smallest absolute Gasteiger partial charge is 0.307 e. The van der Waals surface area contributed by atoms with Gasteiger partial charge < -0.3 is 15.4 Å². The third kappa shape index (κ3) is 9.05. The van der Waals surface area contributed by atoms with Gasteiger partial charge in [0.25, 0.3) is 5.69 Å². The lowest BCUT2D eigenvalue weighted by Gasteiger charge is -2.34. The Balaban J connectivity index is 1.87. The number of aryl methyl sites for hydroxylation is 1. The number of amides is 2. The molecule has 0 aliphatic heterocycles. The molecule has 0 radical (unpaired) electrons. The number of nitrogens with zero attached hydrogens (tertiary/aromatic N) is 1. The van der Waals surface area contributed by atoms with Gasteiger partial charge >= 0.3 is 5.97 Å². The summed E-state index contributed by atoms with van der Waals surface area (Å²) in [4.78, 5) is 51.0. The number of esters is 1. The summed E-state index contributed by atoms with van der Waals surface area (Å²) in [6.07, 6.45) is 4.52. The van der Waals surface area contributed by atoms with Crippen LogP contribution in [0.1, 0.15) is 76.6 Å². The van der Waals surface area contributed by atoms with E-state index < -0.39 is 39.1 Å². The number of carbonyl (C=O) groups excluding carboxylic acids is 3. The molecule has 1 aliphatic rings. The van der Waals surface area contributed by atoms with E-state index in [0.717, 1.165) is 24.8 Å². The first-order valence-electron chi connectivity index (χ1n) is 13.9. The molecular formula is C31H41N3O6S. The van der Waals surface area contributed by atoms with E-state index in [1.807, 2.05) is 38.3 Å². The summed E-state index contributed by atoms with van der Waals surface area (Å²) >= 11 is 1.45. The number of benzene rings is 2. The minimum absolute atomic E-state index is 0.0586. The predicted molar refractivity (Wildman–Crippen MR) is 161 cm³/mol. The molecule has 0 fully saturated rings. The second kappa shape index (κ2) is 13.5. The van der Waals surface area contributed by atoms with Crippen LogP contribution in [0.2, 0.25) is 0 Å². The Morgan fingerprint density at radius 2 is 1.71 bits per heavy atom. The maximum Gasteiger partial charge on any atom is 0.307 e. The number of thioether (sulfide) groups is 1. The van der Waals surface area contributed by atoms with Gasteiger partial charge in [-0.25, -0.2) is 0 Å². The molecule has 2 aromatic carbocycles. The van der Waals surface area contributed by atoms with Crippen molar-refractivity contribution in [3.8, 4) is 0 Å². The maximum atomic E-state index is 13.8. The second-order valence-corrected chi connectivity index (χ2v) is 13.5. The zero-order chi connectivity index (χ0) is 30.4. The average Bonchev–Trinajstić information content (AvgIpc) is 2.90. The summed E-state index contributed by atoms with van der Waals surface area (Å²) in [6, 6.07) is 12.8. The van der Waals surface area contributed by atoms with Crippen molar-refractivity contribution in [2.75, 3.05) is 6.26 Å². The molecule has 2 amide bonds. The topological polar surface area (TPSA) is 128 Å².